The zero-order valence-electron chi connectivity index (χ0n) is 12.4. The normalized spacial score (nSPS) is 35.6. The smallest absolute Gasteiger partial charge is 0.143 e. The predicted molar refractivity (Wildman–Crippen MR) is 79.9 cm³/mol. The molecule has 2 aliphatic heterocycles. The summed E-state index contributed by atoms with van der Waals surface area (Å²) in [5, 5.41) is 0. The van der Waals surface area contributed by atoms with Crippen LogP contribution in [0.5, 0.6) is 0 Å². The van der Waals surface area contributed by atoms with Crippen molar-refractivity contribution in [2.24, 2.45) is 16.2 Å². The number of ketones is 1. The minimum Gasteiger partial charge on any atom is -0.299 e. The maximum absolute atomic E-state index is 13.1. The number of fused-ring (bicyclic) bond motifs is 7. The van der Waals surface area contributed by atoms with Crippen LogP contribution in [0.25, 0.3) is 0 Å². The second-order valence-corrected chi connectivity index (χ2v) is 8.03. The van der Waals surface area contributed by atoms with E-state index in [1.54, 1.807) is 0 Å². The number of hydrogen-bond acceptors (Lipinski definition) is 2. The van der Waals surface area contributed by atoms with Gasteiger partial charge in [0, 0.05) is 25.6 Å². The van der Waals surface area contributed by atoms with Gasteiger partial charge in [0.05, 0.1) is 5.41 Å². The third-order valence-corrected chi connectivity index (χ3v) is 7.72. The topological polar surface area (TPSA) is 20.3 Å². The van der Waals surface area contributed by atoms with Crippen molar-refractivity contribution in [3.63, 3.8) is 0 Å². The van der Waals surface area contributed by atoms with Crippen molar-refractivity contribution < 1.29 is 4.79 Å². The molecule has 4 fully saturated rings. The maximum Gasteiger partial charge on any atom is 0.143 e. The maximum atomic E-state index is 13.1. The van der Waals surface area contributed by atoms with Gasteiger partial charge >= 0.3 is 0 Å². The molecule has 1 saturated heterocycles. The minimum atomic E-state index is 0.0226. The third kappa shape index (κ3) is 0.955. The Kier molecular flexibility index (Phi) is 1.70. The Balaban J connectivity index is 1.60. The van der Waals surface area contributed by atoms with E-state index in [-0.39, 0.29) is 5.41 Å². The summed E-state index contributed by atoms with van der Waals surface area (Å²) in [6, 6.07) is 9.36. The van der Waals surface area contributed by atoms with Crippen molar-refractivity contribution in [3.8, 4) is 0 Å². The highest BCUT2D eigenvalue weighted by molar-refractivity contribution is 5.95. The van der Waals surface area contributed by atoms with E-state index in [9.17, 15) is 4.79 Å². The van der Waals surface area contributed by atoms with Crippen LogP contribution in [0, 0.1) is 16.2 Å². The number of nitrogens with zero attached hydrogens (tertiary/aromatic N) is 1. The molecule has 0 amide bonds. The predicted octanol–water partition coefficient (Wildman–Crippen LogP) is 3.12. The second-order valence-electron chi connectivity index (χ2n) is 8.03. The van der Waals surface area contributed by atoms with Crippen LogP contribution in [0.2, 0.25) is 0 Å². The first-order chi connectivity index (χ1) is 10.3. The van der Waals surface area contributed by atoms with Crippen LogP contribution < -0.4 is 0 Å². The van der Waals surface area contributed by atoms with E-state index in [1.165, 1.54) is 36.8 Å². The molecule has 0 aromatic heterocycles. The molecule has 5 aliphatic rings. The fraction of sp³-hybridized carbons (Fsp3) is 0.632. The molecule has 3 aliphatic carbocycles. The Bertz CT molecular complexity index is 665. The monoisotopic (exact) mass is 279 g/mol. The molecule has 21 heavy (non-hydrogen) atoms. The number of Topliss-reactive ketones (excluding diaryl/α,β-unsaturated/α-hetero) is 1. The summed E-state index contributed by atoms with van der Waals surface area (Å²) in [4.78, 5) is 15.8. The molecular weight excluding hydrogens is 258 g/mol. The SMILES string of the molecule is O=C1CCN2CCc3ccccc3C2C12C1(CC1)C21CC1. The Labute approximate surface area is 125 Å². The van der Waals surface area contributed by atoms with Gasteiger partial charge in [0.15, 0.2) is 0 Å². The number of benzene rings is 1. The zero-order chi connectivity index (χ0) is 13.9. The van der Waals surface area contributed by atoms with Crippen LogP contribution in [-0.4, -0.2) is 23.8 Å². The molecule has 6 rings (SSSR count). The van der Waals surface area contributed by atoms with Gasteiger partial charge in [-0.15, -0.1) is 0 Å². The van der Waals surface area contributed by atoms with E-state index in [4.69, 9.17) is 0 Å². The molecule has 2 nitrogen and oxygen atoms in total. The van der Waals surface area contributed by atoms with Crippen molar-refractivity contribution in [1.82, 2.24) is 4.90 Å². The van der Waals surface area contributed by atoms with Gasteiger partial charge in [-0.1, -0.05) is 24.3 Å². The molecule has 2 heterocycles. The lowest BCUT2D eigenvalue weighted by Crippen LogP contribution is -2.50. The van der Waals surface area contributed by atoms with Gasteiger partial charge in [0.25, 0.3) is 0 Å². The molecule has 2 heteroatoms. The summed E-state index contributed by atoms with van der Waals surface area (Å²) in [6.07, 6.45) is 7.27. The average molecular weight is 279 g/mol. The van der Waals surface area contributed by atoms with Gasteiger partial charge in [0.2, 0.25) is 0 Å². The van der Waals surface area contributed by atoms with Crippen molar-refractivity contribution >= 4 is 5.78 Å². The summed E-state index contributed by atoms with van der Waals surface area (Å²) in [7, 11) is 0. The first-order valence-electron chi connectivity index (χ1n) is 8.62. The van der Waals surface area contributed by atoms with Crippen LogP contribution in [0.1, 0.15) is 49.3 Å². The molecule has 3 saturated carbocycles. The molecule has 108 valence electrons. The van der Waals surface area contributed by atoms with Crippen LogP contribution in [-0.2, 0) is 11.2 Å². The van der Waals surface area contributed by atoms with Crippen molar-refractivity contribution in [2.45, 2.75) is 44.6 Å². The van der Waals surface area contributed by atoms with Gasteiger partial charge in [0.1, 0.15) is 5.78 Å². The van der Waals surface area contributed by atoms with Gasteiger partial charge < -0.3 is 0 Å². The number of hydrogen-bond donors (Lipinski definition) is 0. The molecular formula is C19H21NO. The van der Waals surface area contributed by atoms with E-state index >= 15 is 0 Å². The molecule has 3 spiro atoms. The van der Waals surface area contributed by atoms with Gasteiger partial charge in [-0.05, 0) is 54.1 Å². The molecule has 0 radical (unpaired) electrons. The van der Waals surface area contributed by atoms with Crippen LogP contribution >= 0.6 is 0 Å². The first-order valence-corrected chi connectivity index (χ1v) is 8.62. The molecule has 0 bridgehead atoms. The highest BCUT2D eigenvalue weighted by Gasteiger charge is 2.99. The van der Waals surface area contributed by atoms with Gasteiger partial charge in [-0.25, -0.2) is 0 Å². The number of carbonyl (C=O) groups is 1. The van der Waals surface area contributed by atoms with Crippen LogP contribution in [0.15, 0.2) is 24.3 Å². The summed E-state index contributed by atoms with van der Waals surface area (Å²) < 4.78 is 0. The fourth-order valence-corrected chi connectivity index (χ4v) is 6.89. The highest BCUT2D eigenvalue weighted by atomic mass is 16.1. The lowest BCUT2D eigenvalue weighted by atomic mass is 9.73. The summed E-state index contributed by atoms with van der Waals surface area (Å²) in [6.45, 7) is 2.15. The Morgan fingerprint density at radius 2 is 1.62 bits per heavy atom. The van der Waals surface area contributed by atoms with Crippen LogP contribution in [0.3, 0.4) is 0 Å². The summed E-state index contributed by atoms with van der Waals surface area (Å²) in [5.74, 6) is 0.621. The molecule has 1 unspecified atom stereocenters. The number of carbonyl (C=O) groups excluding carboxylic acids is 1. The van der Waals surface area contributed by atoms with E-state index < -0.39 is 0 Å². The molecule has 1 aromatic carbocycles. The Morgan fingerprint density at radius 3 is 2.33 bits per heavy atom. The van der Waals surface area contributed by atoms with Crippen molar-refractivity contribution in [3.05, 3.63) is 35.4 Å². The quantitative estimate of drug-likeness (QED) is 0.727. The van der Waals surface area contributed by atoms with E-state index in [0.717, 1.165) is 25.9 Å². The number of rotatable bonds is 0. The largest absolute Gasteiger partial charge is 0.299 e. The average Bonchev–Trinajstić information content (AvgIpc) is 3.41. The van der Waals surface area contributed by atoms with Crippen molar-refractivity contribution in [2.75, 3.05) is 13.1 Å². The second kappa shape index (κ2) is 3.12. The zero-order valence-corrected chi connectivity index (χ0v) is 12.4. The van der Waals surface area contributed by atoms with Gasteiger partial charge in [-0.3, -0.25) is 9.69 Å². The first kappa shape index (κ1) is 11.4. The summed E-state index contributed by atoms with van der Waals surface area (Å²) in [5.41, 5.74) is 3.89. The van der Waals surface area contributed by atoms with E-state index in [0.29, 0.717) is 22.7 Å². The lowest BCUT2D eigenvalue weighted by Gasteiger charge is -2.46. The number of piperidine rings is 1. The van der Waals surface area contributed by atoms with Crippen molar-refractivity contribution in [1.29, 1.82) is 0 Å². The van der Waals surface area contributed by atoms with E-state index in [2.05, 4.69) is 29.2 Å². The Hall–Kier alpha value is -1.15. The molecule has 1 aromatic rings. The Morgan fingerprint density at radius 1 is 0.952 bits per heavy atom. The third-order valence-electron chi connectivity index (χ3n) is 7.72. The summed E-state index contributed by atoms with van der Waals surface area (Å²) >= 11 is 0. The van der Waals surface area contributed by atoms with Gasteiger partial charge in [-0.2, -0.15) is 0 Å². The highest BCUT2D eigenvalue weighted by Crippen LogP contribution is 3.01. The van der Waals surface area contributed by atoms with E-state index in [1.807, 2.05) is 0 Å². The standard InChI is InChI=1S/C19H21NO/c21-15-6-12-20-11-5-13-3-1-2-4-14(13)16(20)19(15)17(7-8-17)18(19)9-10-18/h1-4,16H,5-12H2. The molecule has 1 atom stereocenters. The lowest BCUT2D eigenvalue weighted by molar-refractivity contribution is -0.134. The minimum absolute atomic E-state index is 0.0226. The fourth-order valence-electron chi connectivity index (χ4n) is 6.89. The molecule has 0 N–H and O–H groups in total. The van der Waals surface area contributed by atoms with Crippen LogP contribution in [0.4, 0.5) is 0 Å².